The minimum atomic E-state index is 0.188. The van der Waals surface area contributed by atoms with Crippen molar-refractivity contribution in [2.45, 2.75) is 56.5 Å². The van der Waals surface area contributed by atoms with Gasteiger partial charge in [0, 0.05) is 16.3 Å². The van der Waals surface area contributed by atoms with Gasteiger partial charge in [-0.3, -0.25) is 0 Å². The fourth-order valence-corrected chi connectivity index (χ4v) is 5.11. The molecule has 2 nitrogen and oxygen atoms in total. The van der Waals surface area contributed by atoms with Crippen LogP contribution in [0, 0.1) is 35.5 Å². The van der Waals surface area contributed by atoms with Gasteiger partial charge < -0.3 is 0 Å². The van der Waals surface area contributed by atoms with Gasteiger partial charge in [0.15, 0.2) is 0 Å². The van der Waals surface area contributed by atoms with E-state index in [2.05, 4.69) is 37.2 Å². The summed E-state index contributed by atoms with van der Waals surface area (Å²) in [5, 5.41) is 11.9. The van der Waals surface area contributed by atoms with Crippen LogP contribution in [0.3, 0.4) is 0 Å². The third kappa shape index (κ3) is 3.73. The molecule has 0 bridgehead atoms. The maximum atomic E-state index is 9.35. The zero-order valence-electron chi connectivity index (χ0n) is 12.1. The van der Waals surface area contributed by atoms with Crippen molar-refractivity contribution >= 4 is 23.1 Å². The first-order valence-electron chi connectivity index (χ1n) is 6.88. The molecule has 1 aliphatic rings. The minimum Gasteiger partial charge on any atom is -0.235 e. The lowest BCUT2D eigenvalue weighted by Crippen LogP contribution is -2.32. The summed E-state index contributed by atoms with van der Waals surface area (Å²) in [7, 11) is 0. The smallest absolute Gasteiger partial charge is 0.150 e. The van der Waals surface area contributed by atoms with E-state index in [0.717, 1.165) is 28.8 Å². The molecule has 3 atom stereocenters. The highest BCUT2D eigenvalue weighted by atomic mass is 32.2. The van der Waals surface area contributed by atoms with Gasteiger partial charge in [0.2, 0.25) is 0 Å². The predicted octanol–water partition coefficient (Wildman–Crippen LogP) is 4.90. The minimum absolute atomic E-state index is 0.188. The zero-order chi connectivity index (χ0) is 14.0. The Kier molecular flexibility index (Phi) is 4.58. The van der Waals surface area contributed by atoms with Gasteiger partial charge >= 0.3 is 0 Å². The maximum Gasteiger partial charge on any atom is 0.150 e. The number of thioether (sulfide) groups is 1. The number of hydrogen-bond acceptors (Lipinski definition) is 4. The molecule has 1 heterocycles. The first kappa shape index (κ1) is 14.9. The Morgan fingerprint density at radius 2 is 2.16 bits per heavy atom. The predicted molar refractivity (Wildman–Crippen MR) is 82.4 cm³/mol. The van der Waals surface area contributed by atoms with Crippen molar-refractivity contribution in [3.8, 4) is 6.07 Å². The third-order valence-corrected chi connectivity index (χ3v) is 6.48. The molecular formula is C15H22N2S2. The standard InChI is InChI=1S/C15H22N2S2/c1-10-9-18-14(17-10)19-13-7-12(15(2,3)4)6-5-11(13)8-16/h9,11-13H,5-7H2,1-4H3. The molecule has 0 radical (unpaired) electrons. The highest BCUT2D eigenvalue weighted by molar-refractivity contribution is 8.01. The highest BCUT2D eigenvalue weighted by Crippen LogP contribution is 2.45. The lowest BCUT2D eigenvalue weighted by molar-refractivity contribution is 0.169. The molecule has 1 aliphatic carbocycles. The van der Waals surface area contributed by atoms with Crippen LogP contribution in [0.15, 0.2) is 9.72 Å². The van der Waals surface area contributed by atoms with Crippen LogP contribution in [0.5, 0.6) is 0 Å². The van der Waals surface area contributed by atoms with Gasteiger partial charge in [-0.15, -0.1) is 11.3 Å². The van der Waals surface area contributed by atoms with Gasteiger partial charge in [0.25, 0.3) is 0 Å². The molecule has 19 heavy (non-hydrogen) atoms. The van der Waals surface area contributed by atoms with Crippen molar-refractivity contribution in [3.63, 3.8) is 0 Å². The van der Waals surface area contributed by atoms with Crippen LogP contribution in [-0.4, -0.2) is 10.2 Å². The van der Waals surface area contributed by atoms with E-state index in [4.69, 9.17) is 0 Å². The molecule has 4 heteroatoms. The Morgan fingerprint density at radius 1 is 1.42 bits per heavy atom. The summed E-state index contributed by atoms with van der Waals surface area (Å²) in [5.41, 5.74) is 1.43. The molecule has 0 aromatic carbocycles. The molecule has 0 aliphatic heterocycles. The van der Waals surface area contributed by atoms with Crippen molar-refractivity contribution in [2.75, 3.05) is 0 Å². The number of rotatable bonds is 2. The Bertz CT molecular complexity index is 467. The fraction of sp³-hybridized carbons (Fsp3) is 0.733. The van der Waals surface area contributed by atoms with Crippen LogP contribution in [0.4, 0.5) is 0 Å². The molecule has 0 N–H and O–H groups in total. The summed E-state index contributed by atoms with van der Waals surface area (Å²) in [5.74, 6) is 0.906. The van der Waals surface area contributed by atoms with Crippen LogP contribution in [0.25, 0.3) is 0 Å². The average molecular weight is 294 g/mol. The topological polar surface area (TPSA) is 36.7 Å². The summed E-state index contributed by atoms with van der Waals surface area (Å²) >= 11 is 3.53. The monoisotopic (exact) mass is 294 g/mol. The van der Waals surface area contributed by atoms with Gasteiger partial charge in [-0.25, -0.2) is 4.98 Å². The van der Waals surface area contributed by atoms with E-state index in [0.29, 0.717) is 10.7 Å². The number of hydrogen-bond donors (Lipinski definition) is 0. The summed E-state index contributed by atoms with van der Waals surface area (Å²) in [4.78, 5) is 4.53. The van der Waals surface area contributed by atoms with E-state index in [1.807, 2.05) is 18.7 Å². The average Bonchev–Trinajstić information content (AvgIpc) is 2.73. The number of thiazole rings is 1. The lowest BCUT2D eigenvalue weighted by atomic mass is 9.70. The molecule has 0 spiro atoms. The van der Waals surface area contributed by atoms with E-state index in [1.54, 1.807) is 11.3 Å². The van der Waals surface area contributed by atoms with E-state index >= 15 is 0 Å². The molecule has 1 fully saturated rings. The molecule has 1 aromatic heterocycles. The van der Waals surface area contributed by atoms with Gasteiger partial charge in [-0.2, -0.15) is 5.26 Å². The lowest BCUT2D eigenvalue weighted by Gasteiger charge is -2.39. The number of nitriles is 1. The van der Waals surface area contributed by atoms with E-state index in [-0.39, 0.29) is 5.92 Å². The Hall–Kier alpha value is -0.530. The van der Waals surface area contributed by atoms with Crippen LogP contribution in [0.2, 0.25) is 0 Å². The second kappa shape index (κ2) is 5.85. The highest BCUT2D eigenvalue weighted by Gasteiger charge is 2.36. The molecule has 0 saturated heterocycles. The maximum absolute atomic E-state index is 9.35. The number of nitrogens with zero attached hydrogens (tertiary/aromatic N) is 2. The van der Waals surface area contributed by atoms with Crippen LogP contribution >= 0.6 is 23.1 Å². The SMILES string of the molecule is Cc1csc(SC2CC(C(C)(C)C)CCC2C#N)n1. The second-order valence-corrected chi connectivity index (χ2v) is 8.87. The molecule has 0 amide bonds. The first-order chi connectivity index (χ1) is 8.90. The Balaban J connectivity index is 2.08. The quantitative estimate of drug-likeness (QED) is 0.778. The number of aromatic nitrogens is 1. The van der Waals surface area contributed by atoms with Crippen molar-refractivity contribution in [1.29, 1.82) is 5.26 Å². The first-order valence-corrected chi connectivity index (χ1v) is 8.64. The summed E-state index contributed by atoms with van der Waals surface area (Å²) < 4.78 is 1.12. The van der Waals surface area contributed by atoms with Crippen molar-refractivity contribution < 1.29 is 0 Å². The van der Waals surface area contributed by atoms with Gasteiger partial charge in [-0.05, 0) is 37.5 Å². The summed E-state index contributed by atoms with van der Waals surface area (Å²) in [6, 6.07) is 2.51. The van der Waals surface area contributed by atoms with Crippen LogP contribution in [-0.2, 0) is 0 Å². The van der Waals surface area contributed by atoms with Gasteiger partial charge in [0.05, 0.1) is 12.0 Å². The Labute approximate surface area is 124 Å². The zero-order valence-corrected chi connectivity index (χ0v) is 13.8. The van der Waals surface area contributed by atoms with Crippen molar-refractivity contribution in [2.24, 2.45) is 17.3 Å². The van der Waals surface area contributed by atoms with Crippen molar-refractivity contribution in [3.05, 3.63) is 11.1 Å². The fourth-order valence-electron chi connectivity index (χ4n) is 2.71. The van der Waals surface area contributed by atoms with E-state index in [1.165, 1.54) is 6.42 Å². The largest absolute Gasteiger partial charge is 0.235 e. The molecule has 1 saturated carbocycles. The molecule has 104 valence electrons. The normalized spacial score (nSPS) is 28.1. The number of aryl methyl sites for hydroxylation is 1. The third-order valence-electron chi connectivity index (χ3n) is 4.03. The molecule has 2 rings (SSSR count). The second-order valence-electron chi connectivity index (χ2n) is 6.52. The van der Waals surface area contributed by atoms with Crippen molar-refractivity contribution in [1.82, 2.24) is 4.98 Å². The molecule has 3 unspecified atom stereocenters. The summed E-state index contributed by atoms with van der Waals surface area (Å²) in [6.07, 6.45) is 3.38. The van der Waals surface area contributed by atoms with E-state index < -0.39 is 0 Å². The van der Waals surface area contributed by atoms with Gasteiger partial charge in [-0.1, -0.05) is 32.5 Å². The van der Waals surface area contributed by atoms with Gasteiger partial charge in [0.1, 0.15) is 4.34 Å². The molecule has 1 aromatic rings. The Morgan fingerprint density at radius 3 is 2.68 bits per heavy atom. The van der Waals surface area contributed by atoms with Crippen LogP contribution in [0.1, 0.15) is 45.7 Å². The van der Waals surface area contributed by atoms with Crippen LogP contribution < -0.4 is 0 Å². The van der Waals surface area contributed by atoms with E-state index in [9.17, 15) is 5.26 Å². The summed E-state index contributed by atoms with van der Waals surface area (Å²) in [6.45, 7) is 8.99. The molecular weight excluding hydrogens is 272 g/mol.